The molecule has 2 aromatic rings. The van der Waals surface area contributed by atoms with Gasteiger partial charge in [0.15, 0.2) is 0 Å². The summed E-state index contributed by atoms with van der Waals surface area (Å²) in [5, 5.41) is 1.99. The molecule has 2 rings (SSSR count). The number of halogens is 1. The second-order valence-electron chi connectivity index (χ2n) is 2.61. The Kier molecular flexibility index (Phi) is 2.40. The third-order valence-corrected chi connectivity index (χ3v) is 2.65. The maximum Gasteiger partial charge on any atom is 0.150 e. The first kappa shape index (κ1) is 8.44. The number of thiophene rings is 1. The fourth-order valence-electron chi connectivity index (χ4n) is 1.21. The van der Waals surface area contributed by atoms with Crippen LogP contribution in [-0.4, -0.2) is 16.2 Å². The Morgan fingerprint density at radius 3 is 3.15 bits per heavy atom. The van der Waals surface area contributed by atoms with Crippen molar-refractivity contribution in [2.24, 2.45) is 0 Å². The molecule has 0 aliphatic heterocycles. The van der Waals surface area contributed by atoms with Gasteiger partial charge in [0.1, 0.15) is 12.5 Å². The molecule has 2 nitrogen and oxygen atoms in total. The third-order valence-electron chi connectivity index (χ3n) is 1.78. The molecular weight excluding hydrogens is 187 g/mol. The van der Waals surface area contributed by atoms with Crippen molar-refractivity contribution < 1.29 is 4.39 Å². The Hall–Kier alpha value is -1.16. The van der Waals surface area contributed by atoms with Crippen molar-refractivity contribution in [3.63, 3.8) is 0 Å². The van der Waals surface area contributed by atoms with Gasteiger partial charge in [-0.1, -0.05) is 6.07 Å². The summed E-state index contributed by atoms with van der Waals surface area (Å²) in [6.45, 7) is 0.0297. The van der Waals surface area contributed by atoms with Gasteiger partial charge in [0.25, 0.3) is 0 Å². The number of hydrogen-bond donors (Lipinski definition) is 0. The molecule has 0 bridgehead atoms. The van der Waals surface area contributed by atoms with Crippen LogP contribution < -0.4 is 0 Å². The minimum Gasteiger partial charge on any atom is -0.328 e. The highest BCUT2D eigenvalue weighted by Gasteiger charge is 2.05. The first-order chi connectivity index (χ1) is 6.42. The zero-order valence-electron chi connectivity index (χ0n) is 6.98. The molecule has 0 N–H and O–H groups in total. The van der Waals surface area contributed by atoms with E-state index in [4.69, 9.17) is 0 Å². The zero-order chi connectivity index (χ0) is 9.10. The van der Waals surface area contributed by atoms with Crippen molar-refractivity contribution in [1.29, 1.82) is 0 Å². The quantitative estimate of drug-likeness (QED) is 0.737. The average Bonchev–Trinajstić information content (AvgIpc) is 2.71. The molecule has 0 aliphatic carbocycles. The predicted molar refractivity (Wildman–Crippen MR) is 51.5 cm³/mol. The second kappa shape index (κ2) is 3.70. The van der Waals surface area contributed by atoms with Crippen molar-refractivity contribution in [3.8, 4) is 10.7 Å². The zero-order valence-corrected chi connectivity index (χ0v) is 7.80. The fourth-order valence-corrected chi connectivity index (χ4v) is 1.95. The molecule has 0 saturated carbocycles. The van der Waals surface area contributed by atoms with Gasteiger partial charge >= 0.3 is 0 Å². The van der Waals surface area contributed by atoms with E-state index in [0.717, 1.165) is 10.7 Å². The van der Waals surface area contributed by atoms with Crippen LogP contribution in [-0.2, 0) is 6.54 Å². The Morgan fingerprint density at radius 1 is 1.54 bits per heavy atom. The summed E-state index contributed by atoms with van der Waals surface area (Å²) in [5.41, 5.74) is 0. The lowest BCUT2D eigenvalue weighted by atomic mass is 10.4. The maximum atomic E-state index is 12.1. The number of nitrogens with zero attached hydrogens (tertiary/aromatic N) is 2. The minimum absolute atomic E-state index is 0.352. The van der Waals surface area contributed by atoms with Crippen LogP contribution in [0.4, 0.5) is 4.39 Å². The van der Waals surface area contributed by atoms with Crippen molar-refractivity contribution in [2.45, 2.75) is 6.54 Å². The third kappa shape index (κ3) is 1.62. The number of alkyl halides is 1. The summed E-state index contributed by atoms with van der Waals surface area (Å²) in [4.78, 5) is 5.27. The molecule has 0 fully saturated rings. The van der Waals surface area contributed by atoms with Gasteiger partial charge in [-0.15, -0.1) is 11.3 Å². The summed E-state index contributed by atoms with van der Waals surface area (Å²) < 4.78 is 14.0. The number of aryl methyl sites for hydroxylation is 1. The topological polar surface area (TPSA) is 17.8 Å². The van der Waals surface area contributed by atoms with Crippen molar-refractivity contribution in [3.05, 3.63) is 29.9 Å². The number of imidazole rings is 1. The summed E-state index contributed by atoms with van der Waals surface area (Å²) >= 11 is 1.61. The second-order valence-corrected chi connectivity index (χ2v) is 3.56. The highest BCUT2D eigenvalue weighted by molar-refractivity contribution is 7.13. The highest BCUT2D eigenvalue weighted by atomic mass is 32.1. The molecule has 0 unspecified atom stereocenters. The van der Waals surface area contributed by atoms with E-state index in [1.165, 1.54) is 0 Å². The molecule has 0 radical (unpaired) electrons. The molecule has 2 aromatic heterocycles. The van der Waals surface area contributed by atoms with Crippen molar-refractivity contribution >= 4 is 11.3 Å². The van der Waals surface area contributed by atoms with E-state index < -0.39 is 0 Å². The van der Waals surface area contributed by atoms with Crippen LogP contribution in [0.3, 0.4) is 0 Å². The van der Waals surface area contributed by atoms with Crippen LogP contribution in [0.2, 0.25) is 0 Å². The van der Waals surface area contributed by atoms with E-state index in [2.05, 4.69) is 4.98 Å². The lowest BCUT2D eigenvalue weighted by Crippen LogP contribution is -1.99. The standard InChI is InChI=1S/C9H9FN2S/c10-3-5-12-6-4-11-9(12)8-2-1-7-13-8/h1-2,4,6-7H,3,5H2. The van der Waals surface area contributed by atoms with Gasteiger partial charge in [-0.2, -0.15) is 0 Å². The monoisotopic (exact) mass is 196 g/mol. The van der Waals surface area contributed by atoms with Crippen LogP contribution >= 0.6 is 11.3 Å². The summed E-state index contributed by atoms with van der Waals surface area (Å²) in [6.07, 6.45) is 3.50. The first-order valence-electron chi connectivity index (χ1n) is 4.03. The Labute approximate surface area is 79.7 Å². The van der Waals surface area contributed by atoms with Crippen LogP contribution in [0.25, 0.3) is 10.7 Å². The Bertz CT molecular complexity index is 367. The Balaban J connectivity index is 2.35. The normalized spacial score (nSPS) is 10.5. The highest BCUT2D eigenvalue weighted by Crippen LogP contribution is 2.22. The van der Waals surface area contributed by atoms with E-state index in [-0.39, 0.29) is 6.67 Å². The molecule has 4 heteroatoms. The summed E-state index contributed by atoms with van der Waals surface area (Å²) in [5.74, 6) is 0.854. The molecule has 0 aliphatic rings. The van der Waals surface area contributed by atoms with E-state index in [0.29, 0.717) is 6.54 Å². The van der Waals surface area contributed by atoms with Gasteiger partial charge < -0.3 is 4.57 Å². The molecule has 0 atom stereocenters. The summed E-state index contributed by atoms with van der Waals surface area (Å²) in [7, 11) is 0. The number of hydrogen-bond acceptors (Lipinski definition) is 2. The Morgan fingerprint density at radius 2 is 2.46 bits per heavy atom. The van der Waals surface area contributed by atoms with Gasteiger partial charge in [0, 0.05) is 12.4 Å². The molecular formula is C9H9FN2S. The molecule has 13 heavy (non-hydrogen) atoms. The van der Waals surface area contributed by atoms with Gasteiger partial charge in [-0.3, -0.25) is 0 Å². The molecule has 68 valence electrons. The number of rotatable bonds is 3. The smallest absolute Gasteiger partial charge is 0.150 e. The van der Waals surface area contributed by atoms with E-state index in [9.17, 15) is 4.39 Å². The van der Waals surface area contributed by atoms with Crippen molar-refractivity contribution in [2.75, 3.05) is 6.67 Å². The largest absolute Gasteiger partial charge is 0.328 e. The fraction of sp³-hybridized carbons (Fsp3) is 0.222. The van der Waals surface area contributed by atoms with Crippen molar-refractivity contribution in [1.82, 2.24) is 9.55 Å². The summed E-state index contributed by atoms with van der Waals surface area (Å²) in [6, 6.07) is 3.95. The van der Waals surface area contributed by atoms with Gasteiger partial charge in [-0.25, -0.2) is 9.37 Å². The molecule has 0 spiro atoms. The molecule has 0 aromatic carbocycles. The first-order valence-corrected chi connectivity index (χ1v) is 4.91. The van der Waals surface area contributed by atoms with Crippen LogP contribution in [0.5, 0.6) is 0 Å². The maximum absolute atomic E-state index is 12.1. The van der Waals surface area contributed by atoms with E-state index in [1.807, 2.05) is 22.1 Å². The number of aromatic nitrogens is 2. The molecule has 0 saturated heterocycles. The average molecular weight is 196 g/mol. The minimum atomic E-state index is -0.352. The lowest BCUT2D eigenvalue weighted by Gasteiger charge is -2.01. The molecule has 0 amide bonds. The van der Waals surface area contributed by atoms with Gasteiger partial charge in [0.05, 0.1) is 11.4 Å². The van der Waals surface area contributed by atoms with Crippen LogP contribution in [0, 0.1) is 0 Å². The van der Waals surface area contributed by atoms with E-state index >= 15 is 0 Å². The van der Waals surface area contributed by atoms with Crippen LogP contribution in [0.1, 0.15) is 0 Å². The SMILES string of the molecule is FCCn1ccnc1-c1cccs1. The lowest BCUT2D eigenvalue weighted by molar-refractivity contribution is 0.447. The van der Waals surface area contributed by atoms with Gasteiger partial charge in [-0.05, 0) is 11.4 Å². The van der Waals surface area contributed by atoms with Gasteiger partial charge in [0.2, 0.25) is 0 Å². The molecule has 2 heterocycles. The van der Waals surface area contributed by atoms with E-state index in [1.54, 1.807) is 23.7 Å². The predicted octanol–water partition coefficient (Wildman–Crippen LogP) is 2.58. The van der Waals surface area contributed by atoms with Crippen LogP contribution in [0.15, 0.2) is 29.9 Å².